The third-order valence-corrected chi connectivity index (χ3v) is 8.09. The Morgan fingerprint density at radius 1 is 1.11 bits per heavy atom. The van der Waals surface area contributed by atoms with Crippen molar-refractivity contribution in [2.24, 2.45) is 40.4 Å². The van der Waals surface area contributed by atoms with Gasteiger partial charge in [-0.1, -0.05) is 26.7 Å². The molecule has 4 aliphatic carbocycles. The highest BCUT2D eigenvalue weighted by atomic mass is 16.7. The minimum Gasteiger partial charge on any atom is -0.340 e. The first-order valence-electron chi connectivity index (χ1n) is 11.1. The third-order valence-electron chi connectivity index (χ3n) is 8.09. The number of nitrogens with one attached hydrogen (secondary N) is 1. The van der Waals surface area contributed by atoms with E-state index in [0.29, 0.717) is 42.4 Å². The molecule has 0 aliphatic heterocycles. The molecule has 28 heavy (non-hydrogen) atoms. The number of fused-ring (bicyclic) bond motifs is 2. The lowest BCUT2D eigenvalue weighted by Gasteiger charge is -2.64. The van der Waals surface area contributed by atoms with Crippen LogP contribution in [0.2, 0.25) is 0 Å². The number of hydrogen-bond donors (Lipinski definition) is 1. The van der Waals surface area contributed by atoms with E-state index in [9.17, 15) is 14.4 Å². The molecule has 1 N–H and O–H groups in total. The van der Waals surface area contributed by atoms with Crippen LogP contribution in [0.1, 0.15) is 85.5 Å². The van der Waals surface area contributed by atoms with Crippen molar-refractivity contribution in [1.82, 2.24) is 5.48 Å². The Morgan fingerprint density at radius 2 is 1.75 bits per heavy atom. The van der Waals surface area contributed by atoms with Crippen molar-refractivity contribution in [3.8, 4) is 0 Å². The maximum absolute atomic E-state index is 12.7. The van der Waals surface area contributed by atoms with Gasteiger partial charge in [-0.3, -0.25) is 4.79 Å². The molecule has 5 nitrogen and oxygen atoms in total. The smallest absolute Gasteiger partial charge is 0.337 e. The molecule has 4 unspecified atom stereocenters. The summed E-state index contributed by atoms with van der Waals surface area (Å²) in [5.41, 5.74) is 1.97. The lowest BCUT2D eigenvalue weighted by atomic mass is 9.41. The molecular weight excluding hydrogens is 354 g/mol. The van der Waals surface area contributed by atoms with E-state index in [1.54, 1.807) is 0 Å². The van der Waals surface area contributed by atoms with Crippen molar-refractivity contribution < 1.29 is 19.2 Å². The fourth-order valence-corrected chi connectivity index (χ4v) is 6.42. The maximum Gasteiger partial charge on any atom is 0.337 e. The minimum absolute atomic E-state index is 0.192. The zero-order valence-corrected chi connectivity index (χ0v) is 18.0. The summed E-state index contributed by atoms with van der Waals surface area (Å²) in [5, 5.41) is 0. The molecule has 2 bridgehead atoms. The molecule has 0 aromatic rings. The number of rotatable bonds is 7. The van der Waals surface area contributed by atoms with Crippen LogP contribution in [0, 0.1) is 40.4 Å². The van der Waals surface area contributed by atoms with E-state index >= 15 is 0 Å². The summed E-state index contributed by atoms with van der Waals surface area (Å²) in [5.74, 6) is 1.95. The van der Waals surface area contributed by atoms with Crippen molar-refractivity contribution in [3.63, 3.8) is 0 Å². The summed E-state index contributed by atoms with van der Waals surface area (Å²) in [6.07, 6.45) is 9.60. The molecule has 4 fully saturated rings. The van der Waals surface area contributed by atoms with Gasteiger partial charge in [0, 0.05) is 12.8 Å². The van der Waals surface area contributed by atoms with Gasteiger partial charge >= 0.3 is 5.97 Å². The van der Waals surface area contributed by atoms with E-state index in [1.165, 1.54) is 19.3 Å². The highest BCUT2D eigenvalue weighted by molar-refractivity contribution is 5.80. The van der Waals surface area contributed by atoms with Gasteiger partial charge in [-0.25, -0.2) is 4.79 Å². The predicted molar refractivity (Wildman–Crippen MR) is 107 cm³/mol. The fourth-order valence-electron chi connectivity index (χ4n) is 6.42. The Hall–Kier alpha value is -1.39. The van der Waals surface area contributed by atoms with Gasteiger partial charge in [0.2, 0.25) is 0 Å². The standard InChI is InChI=1S/C23H37NO4/c1-22(2,21(27)28-24-20(26)11-15-7-5-6-8-15)14-17-12-16(9-10-25)18-13-19(17)23(18,3)4/h10,15-19H,5-9,11-14H2,1-4H3,(H,24,26). The normalized spacial score (nSPS) is 31.7. The monoisotopic (exact) mass is 391 g/mol. The van der Waals surface area contributed by atoms with Crippen LogP contribution in [-0.4, -0.2) is 18.2 Å². The van der Waals surface area contributed by atoms with Crippen molar-refractivity contribution in [3.05, 3.63) is 0 Å². The molecule has 4 aliphatic rings. The van der Waals surface area contributed by atoms with Crippen LogP contribution in [0.3, 0.4) is 0 Å². The molecule has 4 atom stereocenters. The van der Waals surface area contributed by atoms with Gasteiger partial charge in [-0.2, -0.15) is 5.48 Å². The van der Waals surface area contributed by atoms with Crippen LogP contribution in [-0.2, 0) is 19.2 Å². The Balaban J connectivity index is 1.52. The van der Waals surface area contributed by atoms with Gasteiger partial charge in [0.05, 0.1) is 5.41 Å². The van der Waals surface area contributed by atoms with Gasteiger partial charge in [-0.15, -0.1) is 0 Å². The average Bonchev–Trinajstić information content (AvgIpc) is 3.11. The summed E-state index contributed by atoms with van der Waals surface area (Å²) in [6, 6.07) is 0. The zero-order valence-electron chi connectivity index (χ0n) is 18.0. The molecule has 4 rings (SSSR count). The molecule has 0 saturated heterocycles. The number of amides is 1. The van der Waals surface area contributed by atoms with Crippen LogP contribution in [0.4, 0.5) is 0 Å². The molecule has 1 amide bonds. The van der Waals surface area contributed by atoms with E-state index in [4.69, 9.17) is 4.84 Å². The number of hydrogen-bond acceptors (Lipinski definition) is 4. The second-order valence-electron chi connectivity index (χ2n) is 10.8. The van der Waals surface area contributed by atoms with E-state index in [1.807, 2.05) is 13.8 Å². The minimum atomic E-state index is -0.657. The first-order chi connectivity index (χ1) is 13.1. The molecule has 0 aromatic heterocycles. The van der Waals surface area contributed by atoms with Gasteiger partial charge in [0.1, 0.15) is 6.29 Å². The average molecular weight is 392 g/mol. The van der Waals surface area contributed by atoms with E-state index in [0.717, 1.165) is 32.0 Å². The quantitative estimate of drug-likeness (QED) is 0.514. The maximum atomic E-state index is 12.7. The molecule has 5 heteroatoms. The highest BCUT2D eigenvalue weighted by Crippen LogP contribution is 2.65. The summed E-state index contributed by atoms with van der Waals surface area (Å²) in [7, 11) is 0. The van der Waals surface area contributed by atoms with Crippen LogP contribution >= 0.6 is 0 Å². The Labute approximate surface area is 169 Å². The van der Waals surface area contributed by atoms with Crippen LogP contribution in [0.15, 0.2) is 0 Å². The summed E-state index contributed by atoms with van der Waals surface area (Å²) in [4.78, 5) is 41.0. The number of carbonyl (C=O) groups is 3. The molecule has 0 heterocycles. The van der Waals surface area contributed by atoms with Crippen molar-refractivity contribution >= 4 is 18.2 Å². The van der Waals surface area contributed by atoms with Crippen LogP contribution in [0.5, 0.6) is 0 Å². The molecular formula is C23H37NO4. The van der Waals surface area contributed by atoms with Gasteiger partial charge < -0.3 is 9.63 Å². The first-order valence-corrected chi connectivity index (χ1v) is 11.1. The van der Waals surface area contributed by atoms with E-state index < -0.39 is 5.41 Å². The third kappa shape index (κ3) is 4.28. The second kappa shape index (κ2) is 8.16. The topological polar surface area (TPSA) is 72.5 Å². The number of hydroxylamine groups is 1. The number of carbonyl (C=O) groups excluding carboxylic acids is 3. The van der Waals surface area contributed by atoms with Crippen LogP contribution in [0.25, 0.3) is 0 Å². The fraction of sp³-hybridized carbons (Fsp3) is 0.870. The Morgan fingerprint density at radius 3 is 2.36 bits per heavy atom. The van der Waals surface area contributed by atoms with Crippen LogP contribution < -0.4 is 5.48 Å². The molecule has 0 spiro atoms. The van der Waals surface area contributed by atoms with E-state index in [2.05, 4.69) is 19.3 Å². The first kappa shape index (κ1) is 21.3. The zero-order chi connectivity index (χ0) is 20.5. The molecule has 0 radical (unpaired) electrons. The van der Waals surface area contributed by atoms with Gasteiger partial charge in [-0.05, 0) is 81.0 Å². The summed E-state index contributed by atoms with van der Waals surface area (Å²) >= 11 is 0. The predicted octanol–water partition coefficient (Wildman–Crippen LogP) is 4.44. The lowest BCUT2D eigenvalue weighted by Crippen LogP contribution is -2.57. The highest BCUT2D eigenvalue weighted by Gasteiger charge is 2.58. The largest absolute Gasteiger partial charge is 0.340 e. The molecule has 0 aromatic carbocycles. The molecule has 158 valence electrons. The number of aldehydes is 1. The SMILES string of the molecule is CC(C)(CC1CC(CC=O)C2CC1C2(C)C)C(=O)ONC(=O)CC1CCCC1. The van der Waals surface area contributed by atoms with Crippen molar-refractivity contribution in [2.45, 2.75) is 85.5 Å². The van der Waals surface area contributed by atoms with Gasteiger partial charge in [0.25, 0.3) is 5.91 Å². The van der Waals surface area contributed by atoms with Crippen molar-refractivity contribution in [2.75, 3.05) is 0 Å². The Bertz CT molecular complexity index is 606. The summed E-state index contributed by atoms with van der Waals surface area (Å²) in [6.45, 7) is 8.44. The Kier molecular flexibility index (Phi) is 6.21. The molecule has 4 saturated carbocycles. The second-order valence-corrected chi connectivity index (χ2v) is 10.8. The van der Waals surface area contributed by atoms with E-state index in [-0.39, 0.29) is 17.3 Å². The summed E-state index contributed by atoms with van der Waals surface area (Å²) < 4.78 is 0. The van der Waals surface area contributed by atoms with Gasteiger partial charge in [0.15, 0.2) is 0 Å². The van der Waals surface area contributed by atoms with Crippen molar-refractivity contribution in [1.29, 1.82) is 0 Å². The lowest BCUT2D eigenvalue weighted by molar-refractivity contribution is -0.175.